The summed E-state index contributed by atoms with van der Waals surface area (Å²) in [5.74, 6) is 0. The molecule has 0 aliphatic carbocycles. The van der Waals surface area contributed by atoms with E-state index < -0.39 is 4.92 Å². The maximum absolute atomic E-state index is 10.9. The number of aliphatic hydroxyl groups excluding tert-OH is 1. The van der Waals surface area contributed by atoms with Crippen molar-refractivity contribution in [2.24, 2.45) is 5.41 Å². The Morgan fingerprint density at radius 3 is 2.55 bits per heavy atom. The summed E-state index contributed by atoms with van der Waals surface area (Å²) in [7, 11) is 0. The molecule has 6 nitrogen and oxygen atoms in total. The number of nitriles is 1. The Kier molecular flexibility index (Phi) is 5.47. The lowest BCUT2D eigenvalue weighted by Gasteiger charge is -2.30. The van der Waals surface area contributed by atoms with E-state index in [-0.39, 0.29) is 23.3 Å². The van der Waals surface area contributed by atoms with Crippen molar-refractivity contribution in [3.05, 3.63) is 33.9 Å². The first-order chi connectivity index (χ1) is 9.51. The van der Waals surface area contributed by atoms with Gasteiger partial charge in [0.25, 0.3) is 5.69 Å². The summed E-state index contributed by atoms with van der Waals surface area (Å²) in [6.07, 6.45) is 1.62. The Morgan fingerprint density at radius 2 is 2.10 bits per heavy atom. The number of hydrogen-bond donors (Lipinski definition) is 2. The van der Waals surface area contributed by atoms with Gasteiger partial charge < -0.3 is 10.4 Å². The molecule has 0 saturated carbocycles. The third kappa shape index (κ3) is 3.45. The average molecular weight is 277 g/mol. The molecule has 0 fully saturated rings. The summed E-state index contributed by atoms with van der Waals surface area (Å²) < 4.78 is 0. The van der Waals surface area contributed by atoms with Crippen LogP contribution in [0.4, 0.5) is 11.4 Å². The Balaban J connectivity index is 2.92. The summed E-state index contributed by atoms with van der Waals surface area (Å²) in [4.78, 5) is 10.3. The van der Waals surface area contributed by atoms with Crippen LogP contribution < -0.4 is 5.32 Å². The standard InChI is InChI=1S/C14H19N3O3/c1-3-14(4-2,10-18)9-16-12-6-5-11(8-15)13(7-12)17(19)20/h5-7,16,18H,3-4,9-10H2,1-2H3. The van der Waals surface area contributed by atoms with E-state index in [1.807, 2.05) is 13.8 Å². The van der Waals surface area contributed by atoms with Crippen LogP contribution in [0.2, 0.25) is 0 Å². The van der Waals surface area contributed by atoms with Gasteiger partial charge in [-0.1, -0.05) is 13.8 Å². The molecule has 0 spiro atoms. The largest absolute Gasteiger partial charge is 0.396 e. The number of aliphatic hydroxyl groups is 1. The van der Waals surface area contributed by atoms with Crippen LogP contribution in [-0.4, -0.2) is 23.2 Å². The molecule has 0 atom stereocenters. The summed E-state index contributed by atoms with van der Waals surface area (Å²) in [5, 5.41) is 32.3. The number of nitrogens with one attached hydrogen (secondary N) is 1. The van der Waals surface area contributed by atoms with Crippen LogP contribution in [0.1, 0.15) is 32.3 Å². The second-order valence-electron chi connectivity index (χ2n) is 4.82. The molecule has 20 heavy (non-hydrogen) atoms. The first-order valence-electron chi connectivity index (χ1n) is 6.55. The molecular formula is C14H19N3O3. The topological polar surface area (TPSA) is 99.2 Å². The molecule has 0 amide bonds. The molecule has 0 aromatic heterocycles. The van der Waals surface area contributed by atoms with Crippen LogP contribution in [0.15, 0.2) is 18.2 Å². The van der Waals surface area contributed by atoms with Gasteiger partial charge in [-0.25, -0.2) is 0 Å². The van der Waals surface area contributed by atoms with Gasteiger partial charge >= 0.3 is 0 Å². The van der Waals surface area contributed by atoms with Crippen molar-refractivity contribution in [3.8, 4) is 6.07 Å². The Labute approximate surface area is 118 Å². The van der Waals surface area contributed by atoms with E-state index in [1.54, 1.807) is 12.1 Å². The zero-order valence-electron chi connectivity index (χ0n) is 11.7. The van der Waals surface area contributed by atoms with Gasteiger partial charge in [0.2, 0.25) is 0 Å². The molecule has 1 rings (SSSR count). The molecule has 0 aliphatic heterocycles. The van der Waals surface area contributed by atoms with Crippen LogP contribution in [0, 0.1) is 26.9 Å². The van der Waals surface area contributed by atoms with Gasteiger partial charge in [-0.05, 0) is 25.0 Å². The highest BCUT2D eigenvalue weighted by Crippen LogP contribution is 2.28. The van der Waals surface area contributed by atoms with Gasteiger partial charge in [-0.15, -0.1) is 0 Å². The molecule has 0 radical (unpaired) electrons. The number of nitro benzene ring substituents is 1. The highest BCUT2D eigenvalue weighted by molar-refractivity contribution is 5.59. The smallest absolute Gasteiger partial charge is 0.289 e. The van der Waals surface area contributed by atoms with Crippen LogP contribution in [0.5, 0.6) is 0 Å². The molecule has 1 aromatic rings. The van der Waals surface area contributed by atoms with Gasteiger partial charge in [0.1, 0.15) is 11.6 Å². The minimum atomic E-state index is -0.567. The predicted molar refractivity (Wildman–Crippen MR) is 76.4 cm³/mol. The number of rotatable bonds is 7. The maximum Gasteiger partial charge on any atom is 0.289 e. The van der Waals surface area contributed by atoms with Crippen molar-refractivity contribution in [3.63, 3.8) is 0 Å². The summed E-state index contributed by atoms with van der Waals surface area (Å²) in [6, 6.07) is 6.22. The fraction of sp³-hybridized carbons (Fsp3) is 0.500. The predicted octanol–water partition coefficient (Wildman–Crippen LogP) is 2.68. The normalized spacial score (nSPS) is 10.9. The second kappa shape index (κ2) is 6.87. The van der Waals surface area contributed by atoms with E-state index in [9.17, 15) is 15.2 Å². The summed E-state index contributed by atoms with van der Waals surface area (Å²) >= 11 is 0. The number of anilines is 1. The highest BCUT2D eigenvalue weighted by atomic mass is 16.6. The van der Waals surface area contributed by atoms with Crippen molar-refractivity contribution in [1.29, 1.82) is 5.26 Å². The average Bonchev–Trinajstić information content (AvgIpc) is 2.49. The zero-order chi connectivity index (χ0) is 15.2. The monoisotopic (exact) mass is 277 g/mol. The van der Waals surface area contributed by atoms with Crippen molar-refractivity contribution in [2.45, 2.75) is 26.7 Å². The van der Waals surface area contributed by atoms with Gasteiger partial charge in [-0.3, -0.25) is 10.1 Å². The van der Waals surface area contributed by atoms with Crippen LogP contribution in [0.25, 0.3) is 0 Å². The molecule has 0 bridgehead atoms. The van der Waals surface area contributed by atoms with Gasteiger partial charge in [0.15, 0.2) is 0 Å². The third-order valence-corrected chi connectivity index (χ3v) is 3.82. The van der Waals surface area contributed by atoms with E-state index in [0.717, 1.165) is 12.8 Å². The van der Waals surface area contributed by atoms with E-state index >= 15 is 0 Å². The molecule has 2 N–H and O–H groups in total. The zero-order valence-corrected chi connectivity index (χ0v) is 11.7. The fourth-order valence-electron chi connectivity index (χ4n) is 1.96. The third-order valence-electron chi connectivity index (χ3n) is 3.82. The lowest BCUT2D eigenvalue weighted by Crippen LogP contribution is -2.32. The summed E-state index contributed by atoms with van der Waals surface area (Å²) in [5.41, 5.74) is 0.179. The number of benzene rings is 1. The molecule has 0 heterocycles. The molecule has 108 valence electrons. The first-order valence-corrected chi connectivity index (χ1v) is 6.55. The lowest BCUT2D eigenvalue weighted by atomic mass is 9.83. The molecule has 0 saturated heterocycles. The fourth-order valence-corrected chi connectivity index (χ4v) is 1.96. The van der Waals surface area contributed by atoms with Crippen LogP contribution in [-0.2, 0) is 0 Å². The van der Waals surface area contributed by atoms with E-state index in [2.05, 4.69) is 5.32 Å². The first kappa shape index (κ1) is 15.9. The Morgan fingerprint density at radius 1 is 1.45 bits per heavy atom. The van der Waals surface area contributed by atoms with Crippen molar-refractivity contribution >= 4 is 11.4 Å². The molecule has 1 aromatic carbocycles. The van der Waals surface area contributed by atoms with E-state index in [1.165, 1.54) is 12.1 Å². The number of nitrogens with zero attached hydrogens (tertiary/aromatic N) is 2. The van der Waals surface area contributed by atoms with Crippen molar-refractivity contribution < 1.29 is 10.0 Å². The second-order valence-corrected chi connectivity index (χ2v) is 4.82. The summed E-state index contributed by atoms with van der Waals surface area (Å²) in [6.45, 7) is 4.59. The lowest BCUT2D eigenvalue weighted by molar-refractivity contribution is -0.385. The van der Waals surface area contributed by atoms with Gasteiger partial charge in [0, 0.05) is 23.7 Å². The molecular weight excluding hydrogens is 258 g/mol. The van der Waals surface area contributed by atoms with Gasteiger partial charge in [-0.2, -0.15) is 5.26 Å². The quantitative estimate of drug-likeness (QED) is 0.589. The Bertz CT molecular complexity index is 511. The Hall–Kier alpha value is -2.13. The number of nitro groups is 1. The van der Waals surface area contributed by atoms with Crippen LogP contribution in [0.3, 0.4) is 0 Å². The van der Waals surface area contributed by atoms with E-state index in [4.69, 9.17) is 5.26 Å². The highest BCUT2D eigenvalue weighted by Gasteiger charge is 2.25. The maximum atomic E-state index is 10.9. The molecule has 0 aliphatic rings. The minimum Gasteiger partial charge on any atom is -0.396 e. The number of hydrogen-bond acceptors (Lipinski definition) is 5. The van der Waals surface area contributed by atoms with Crippen LogP contribution >= 0.6 is 0 Å². The van der Waals surface area contributed by atoms with Crippen molar-refractivity contribution in [1.82, 2.24) is 0 Å². The molecule has 0 unspecified atom stereocenters. The minimum absolute atomic E-state index is 0.0416. The van der Waals surface area contributed by atoms with Gasteiger partial charge in [0.05, 0.1) is 11.5 Å². The van der Waals surface area contributed by atoms with Crippen molar-refractivity contribution in [2.75, 3.05) is 18.5 Å². The molecule has 6 heteroatoms. The van der Waals surface area contributed by atoms with E-state index in [0.29, 0.717) is 12.2 Å². The SMILES string of the molecule is CCC(CC)(CO)CNc1ccc(C#N)c([N+](=O)[O-])c1.